The van der Waals surface area contributed by atoms with Crippen molar-refractivity contribution in [3.05, 3.63) is 87.9 Å². The van der Waals surface area contributed by atoms with E-state index >= 15 is 0 Å². The van der Waals surface area contributed by atoms with Crippen LogP contribution in [0.1, 0.15) is 31.4 Å². The van der Waals surface area contributed by atoms with E-state index in [9.17, 15) is 9.59 Å². The number of hydrogen-bond acceptors (Lipinski definition) is 5. The van der Waals surface area contributed by atoms with E-state index in [1.807, 2.05) is 44.2 Å². The number of benzene rings is 3. The molecule has 0 spiro atoms. The summed E-state index contributed by atoms with van der Waals surface area (Å²) in [6.07, 6.45) is 1.08. The maximum Gasteiger partial charge on any atom is 0.261 e. The molecule has 2 atom stereocenters. The summed E-state index contributed by atoms with van der Waals surface area (Å²) < 4.78 is 16.5. The number of halogens is 2. The Bertz CT molecular complexity index is 1230. The second-order valence-corrected chi connectivity index (χ2v) is 9.94. The predicted octanol–water partition coefficient (Wildman–Crippen LogP) is 5.94. The van der Waals surface area contributed by atoms with Gasteiger partial charge in [-0.3, -0.25) is 9.59 Å². The summed E-state index contributed by atoms with van der Waals surface area (Å²) in [7, 11) is 3.07. The number of carbonyl (C=O) groups excluding carboxylic acids is 2. The molecule has 208 valence electrons. The largest absolute Gasteiger partial charge is 0.496 e. The summed E-state index contributed by atoms with van der Waals surface area (Å²) in [5.41, 5.74) is 1.65. The molecule has 9 heteroatoms. The maximum absolute atomic E-state index is 13.8. The van der Waals surface area contributed by atoms with Crippen molar-refractivity contribution in [3.63, 3.8) is 0 Å². The Labute approximate surface area is 240 Å². The van der Waals surface area contributed by atoms with Crippen LogP contribution in [0.5, 0.6) is 17.2 Å². The second-order valence-electron chi connectivity index (χ2n) is 9.13. The fraction of sp³-hybridized carbons (Fsp3) is 0.333. The monoisotopic (exact) mass is 572 g/mol. The van der Waals surface area contributed by atoms with Crippen molar-refractivity contribution in [3.8, 4) is 17.2 Å². The van der Waals surface area contributed by atoms with Gasteiger partial charge in [-0.1, -0.05) is 66.5 Å². The minimum atomic E-state index is -0.799. The van der Waals surface area contributed by atoms with E-state index in [0.717, 1.165) is 17.5 Å². The molecule has 0 aliphatic carbocycles. The van der Waals surface area contributed by atoms with Gasteiger partial charge in [0.05, 0.1) is 24.3 Å². The zero-order valence-corrected chi connectivity index (χ0v) is 24.1. The lowest BCUT2D eigenvalue weighted by atomic mass is 10.0. The Balaban J connectivity index is 1.95. The van der Waals surface area contributed by atoms with Gasteiger partial charge < -0.3 is 24.4 Å². The predicted molar refractivity (Wildman–Crippen MR) is 154 cm³/mol. The van der Waals surface area contributed by atoms with Gasteiger partial charge in [0.1, 0.15) is 23.3 Å². The second kappa shape index (κ2) is 14.7. The normalized spacial score (nSPS) is 12.3. The van der Waals surface area contributed by atoms with Gasteiger partial charge in [-0.05, 0) is 36.6 Å². The lowest BCUT2D eigenvalue weighted by molar-refractivity contribution is -0.143. The molecule has 3 aromatic carbocycles. The minimum Gasteiger partial charge on any atom is -0.496 e. The summed E-state index contributed by atoms with van der Waals surface area (Å²) >= 11 is 12.4. The van der Waals surface area contributed by atoms with Crippen LogP contribution in [0.25, 0.3) is 0 Å². The van der Waals surface area contributed by atoms with Gasteiger partial charge in [-0.25, -0.2) is 0 Å². The van der Waals surface area contributed by atoms with Gasteiger partial charge >= 0.3 is 0 Å². The van der Waals surface area contributed by atoms with Crippen LogP contribution >= 0.6 is 23.2 Å². The van der Waals surface area contributed by atoms with Gasteiger partial charge in [-0.2, -0.15) is 0 Å². The number of nitrogens with zero attached hydrogens (tertiary/aromatic N) is 1. The Morgan fingerprint density at radius 3 is 2.10 bits per heavy atom. The molecule has 7 nitrogen and oxygen atoms in total. The van der Waals surface area contributed by atoms with Crippen molar-refractivity contribution in [2.75, 3.05) is 20.8 Å². The van der Waals surface area contributed by atoms with Crippen molar-refractivity contribution in [1.82, 2.24) is 10.2 Å². The van der Waals surface area contributed by atoms with Crippen LogP contribution in [0, 0.1) is 0 Å². The number of amides is 2. The standard InChI is InChI=1S/C30H34Cl2N2O5/c1-5-20(2)33-30(36)28(14-21-9-7-6-8-10-21)34(18-22-11-12-26(31)27(32)13-22)29(35)19-39-25-16-23(37-3)15-24(17-25)38-4/h6-13,15-17,20,28H,5,14,18-19H2,1-4H3,(H,33,36)/t20-,28+/m1/s1. The molecule has 0 aliphatic heterocycles. The number of nitrogens with one attached hydrogen (secondary N) is 1. The highest BCUT2D eigenvalue weighted by Gasteiger charge is 2.31. The lowest BCUT2D eigenvalue weighted by Gasteiger charge is -2.32. The highest BCUT2D eigenvalue weighted by Crippen LogP contribution is 2.28. The van der Waals surface area contributed by atoms with Crippen LogP contribution in [0.4, 0.5) is 0 Å². The Morgan fingerprint density at radius 1 is 0.872 bits per heavy atom. The smallest absolute Gasteiger partial charge is 0.261 e. The Morgan fingerprint density at radius 2 is 1.51 bits per heavy atom. The SMILES string of the molecule is CC[C@@H](C)NC(=O)[C@H](Cc1ccccc1)N(Cc1ccc(Cl)c(Cl)c1)C(=O)COc1cc(OC)cc(OC)c1. The molecule has 0 aliphatic rings. The molecule has 0 fully saturated rings. The molecule has 0 unspecified atom stereocenters. The molecule has 39 heavy (non-hydrogen) atoms. The van der Waals surface area contributed by atoms with Gasteiger partial charge in [0, 0.05) is 37.2 Å². The highest BCUT2D eigenvalue weighted by atomic mass is 35.5. The molecular formula is C30H34Cl2N2O5. The Kier molecular flexibility index (Phi) is 11.3. The van der Waals surface area contributed by atoms with E-state index in [2.05, 4.69) is 5.32 Å². The third-order valence-electron chi connectivity index (χ3n) is 6.30. The summed E-state index contributed by atoms with van der Waals surface area (Å²) in [6, 6.07) is 18.9. The molecule has 3 aromatic rings. The molecule has 0 heterocycles. The molecule has 0 saturated heterocycles. The number of methoxy groups -OCH3 is 2. The van der Waals surface area contributed by atoms with Crippen LogP contribution in [-0.2, 0) is 22.6 Å². The first-order valence-electron chi connectivity index (χ1n) is 12.7. The third kappa shape index (κ3) is 8.80. The van der Waals surface area contributed by atoms with Gasteiger partial charge in [0.15, 0.2) is 6.61 Å². The zero-order chi connectivity index (χ0) is 28.4. The van der Waals surface area contributed by atoms with Gasteiger partial charge in [0.2, 0.25) is 5.91 Å². The third-order valence-corrected chi connectivity index (χ3v) is 7.04. The molecule has 0 saturated carbocycles. The molecule has 0 radical (unpaired) electrons. The fourth-order valence-electron chi connectivity index (χ4n) is 3.92. The zero-order valence-electron chi connectivity index (χ0n) is 22.6. The lowest BCUT2D eigenvalue weighted by Crippen LogP contribution is -2.53. The van der Waals surface area contributed by atoms with Gasteiger partial charge in [0.25, 0.3) is 5.91 Å². The van der Waals surface area contributed by atoms with Crippen molar-refractivity contribution >= 4 is 35.0 Å². The quantitative estimate of drug-likeness (QED) is 0.274. The first-order valence-corrected chi connectivity index (χ1v) is 13.4. The van der Waals surface area contributed by atoms with Crippen LogP contribution in [0.2, 0.25) is 10.0 Å². The van der Waals surface area contributed by atoms with Crippen molar-refractivity contribution in [2.45, 2.75) is 45.3 Å². The first kappa shape index (κ1) is 30.1. The summed E-state index contributed by atoms with van der Waals surface area (Å²) in [5, 5.41) is 3.81. The topological polar surface area (TPSA) is 77.1 Å². The van der Waals surface area contributed by atoms with E-state index < -0.39 is 6.04 Å². The van der Waals surface area contributed by atoms with Crippen molar-refractivity contribution in [1.29, 1.82) is 0 Å². The maximum atomic E-state index is 13.8. The molecular weight excluding hydrogens is 539 g/mol. The molecule has 1 N–H and O–H groups in total. The number of rotatable bonds is 13. The molecule has 0 bridgehead atoms. The first-order chi connectivity index (χ1) is 18.7. The van der Waals surface area contributed by atoms with Crippen LogP contribution < -0.4 is 19.5 Å². The van der Waals surface area contributed by atoms with Crippen molar-refractivity contribution in [2.24, 2.45) is 0 Å². The van der Waals surface area contributed by atoms with Crippen LogP contribution in [-0.4, -0.2) is 49.6 Å². The van der Waals surface area contributed by atoms with Gasteiger partial charge in [-0.15, -0.1) is 0 Å². The van der Waals surface area contributed by atoms with E-state index in [0.29, 0.717) is 33.7 Å². The summed E-state index contributed by atoms with van der Waals surface area (Å²) in [4.78, 5) is 28.9. The van der Waals surface area contributed by atoms with E-state index in [1.54, 1.807) is 36.4 Å². The van der Waals surface area contributed by atoms with E-state index in [1.165, 1.54) is 19.1 Å². The van der Waals surface area contributed by atoms with Crippen LogP contribution in [0.15, 0.2) is 66.7 Å². The van der Waals surface area contributed by atoms with E-state index in [4.69, 9.17) is 37.4 Å². The molecule has 3 rings (SSSR count). The van der Waals surface area contributed by atoms with E-state index in [-0.39, 0.29) is 31.0 Å². The highest BCUT2D eigenvalue weighted by molar-refractivity contribution is 6.42. The van der Waals surface area contributed by atoms with Crippen molar-refractivity contribution < 1.29 is 23.8 Å². The molecule has 2 amide bonds. The fourth-order valence-corrected chi connectivity index (χ4v) is 4.24. The number of ether oxygens (including phenoxy) is 3. The average molecular weight is 574 g/mol. The summed E-state index contributed by atoms with van der Waals surface area (Å²) in [5.74, 6) is 0.837. The number of carbonyl (C=O) groups is 2. The Hall–Kier alpha value is -3.42. The minimum absolute atomic E-state index is 0.0572. The van der Waals surface area contributed by atoms with Crippen LogP contribution in [0.3, 0.4) is 0 Å². The summed E-state index contributed by atoms with van der Waals surface area (Å²) in [6.45, 7) is 3.75. The molecule has 0 aromatic heterocycles. The number of hydrogen-bond donors (Lipinski definition) is 1. The average Bonchev–Trinajstić information content (AvgIpc) is 2.95.